The Morgan fingerprint density at radius 2 is 1.95 bits per heavy atom. The average Bonchev–Trinajstić information content (AvgIpc) is 3.08. The molecular formula is C14H20N2O3S2. The molecular weight excluding hydrogens is 308 g/mol. The Kier molecular flexibility index (Phi) is 3.83. The topological polar surface area (TPSA) is 57.7 Å². The van der Waals surface area contributed by atoms with E-state index in [-0.39, 0.29) is 11.4 Å². The van der Waals surface area contributed by atoms with Gasteiger partial charge in [0.15, 0.2) is 0 Å². The minimum atomic E-state index is -3.16. The molecule has 0 saturated carbocycles. The number of amides is 1. The number of sulfonamides is 1. The van der Waals surface area contributed by atoms with Crippen molar-refractivity contribution in [2.75, 3.05) is 25.9 Å². The van der Waals surface area contributed by atoms with Gasteiger partial charge in [-0.05, 0) is 37.1 Å². The lowest BCUT2D eigenvalue weighted by molar-refractivity contribution is 0.0588. The summed E-state index contributed by atoms with van der Waals surface area (Å²) in [6.45, 7) is 1.90. The molecule has 2 saturated heterocycles. The highest BCUT2D eigenvalue weighted by Gasteiger charge is 2.47. The smallest absolute Gasteiger partial charge is 0.254 e. The quantitative estimate of drug-likeness (QED) is 0.831. The second-order valence-corrected chi connectivity index (χ2v) is 8.65. The van der Waals surface area contributed by atoms with Crippen molar-refractivity contribution in [1.82, 2.24) is 9.21 Å². The summed E-state index contributed by atoms with van der Waals surface area (Å²) in [7, 11) is -3.16. The van der Waals surface area contributed by atoms with E-state index in [2.05, 4.69) is 0 Å². The third kappa shape index (κ3) is 2.74. The molecule has 0 N–H and O–H groups in total. The third-order valence-electron chi connectivity index (χ3n) is 4.68. The van der Waals surface area contributed by atoms with E-state index in [0.29, 0.717) is 19.6 Å². The fraction of sp³-hybridized carbons (Fsp3) is 0.643. The van der Waals surface area contributed by atoms with Crippen LogP contribution in [0.15, 0.2) is 16.8 Å². The van der Waals surface area contributed by atoms with E-state index in [9.17, 15) is 13.2 Å². The Morgan fingerprint density at radius 1 is 1.24 bits per heavy atom. The number of thiophene rings is 1. The molecule has 0 bridgehead atoms. The molecule has 0 atom stereocenters. The third-order valence-corrected chi connectivity index (χ3v) is 6.74. The maximum Gasteiger partial charge on any atom is 0.254 e. The molecule has 5 nitrogen and oxygen atoms in total. The van der Waals surface area contributed by atoms with E-state index < -0.39 is 10.0 Å². The van der Waals surface area contributed by atoms with Gasteiger partial charge in [-0.1, -0.05) is 0 Å². The van der Waals surface area contributed by atoms with Crippen LogP contribution in [0.4, 0.5) is 0 Å². The molecule has 2 aliphatic rings. The van der Waals surface area contributed by atoms with Crippen LogP contribution in [-0.2, 0) is 10.0 Å². The van der Waals surface area contributed by atoms with Crippen LogP contribution >= 0.6 is 11.3 Å². The number of likely N-dealkylation sites (tertiary alicyclic amines) is 1. The SMILES string of the molecule is CS(=O)(=O)N1CCCC12CCN(C(=O)c1ccsc1)CC2. The van der Waals surface area contributed by atoms with E-state index in [1.54, 1.807) is 4.31 Å². The van der Waals surface area contributed by atoms with Crippen molar-refractivity contribution < 1.29 is 13.2 Å². The standard InChI is InChI=1S/C14H20N2O3S2/c1-21(18,19)16-7-2-4-14(16)5-8-15(9-6-14)13(17)12-3-10-20-11-12/h3,10-11H,2,4-9H2,1H3. The first-order valence-corrected chi connectivity index (χ1v) is 10.0. The summed E-state index contributed by atoms with van der Waals surface area (Å²) in [5.41, 5.74) is 0.487. The number of hydrogen-bond donors (Lipinski definition) is 0. The molecule has 1 spiro atoms. The summed E-state index contributed by atoms with van der Waals surface area (Å²) in [6.07, 6.45) is 4.63. The zero-order chi connectivity index (χ0) is 15.1. The van der Waals surface area contributed by atoms with Gasteiger partial charge >= 0.3 is 0 Å². The summed E-state index contributed by atoms with van der Waals surface area (Å²) in [5, 5.41) is 3.77. The lowest BCUT2D eigenvalue weighted by atomic mass is 9.86. The van der Waals surface area contributed by atoms with Crippen LogP contribution in [0.25, 0.3) is 0 Å². The van der Waals surface area contributed by atoms with Crippen molar-refractivity contribution in [2.45, 2.75) is 31.2 Å². The van der Waals surface area contributed by atoms with Gasteiger partial charge in [-0.25, -0.2) is 8.42 Å². The molecule has 1 aromatic heterocycles. The molecule has 21 heavy (non-hydrogen) atoms. The Balaban J connectivity index is 1.71. The van der Waals surface area contributed by atoms with Crippen molar-refractivity contribution in [3.05, 3.63) is 22.4 Å². The number of nitrogens with zero attached hydrogens (tertiary/aromatic N) is 2. The zero-order valence-electron chi connectivity index (χ0n) is 12.1. The highest BCUT2D eigenvalue weighted by molar-refractivity contribution is 7.88. The van der Waals surface area contributed by atoms with Crippen LogP contribution in [0, 0.1) is 0 Å². The van der Waals surface area contributed by atoms with Crippen LogP contribution in [0.1, 0.15) is 36.0 Å². The Morgan fingerprint density at radius 3 is 2.52 bits per heavy atom. The number of carbonyl (C=O) groups is 1. The second-order valence-electron chi connectivity index (χ2n) is 5.97. The van der Waals surface area contributed by atoms with Gasteiger partial charge in [0.25, 0.3) is 5.91 Å². The lowest BCUT2D eigenvalue weighted by Crippen LogP contribution is -2.54. The van der Waals surface area contributed by atoms with Crippen molar-refractivity contribution in [2.24, 2.45) is 0 Å². The van der Waals surface area contributed by atoms with E-state index in [0.717, 1.165) is 31.2 Å². The highest BCUT2D eigenvalue weighted by Crippen LogP contribution is 2.40. The van der Waals surface area contributed by atoms with Crippen molar-refractivity contribution >= 4 is 27.3 Å². The monoisotopic (exact) mass is 328 g/mol. The lowest BCUT2D eigenvalue weighted by Gasteiger charge is -2.43. The van der Waals surface area contributed by atoms with Crippen molar-refractivity contribution in [1.29, 1.82) is 0 Å². The van der Waals surface area contributed by atoms with Gasteiger partial charge in [0, 0.05) is 30.6 Å². The number of rotatable bonds is 2. The molecule has 116 valence electrons. The van der Waals surface area contributed by atoms with Crippen molar-refractivity contribution in [3.63, 3.8) is 0 Å². The molecule has 3 heterocycles. The van der Waals surface area contributed by atoms with Gasteiger partial charge in [0.05, 0.1) is 11.8 Å². The molecule has 1 aromatic rings. The van der Waals surface area contributed by atoms with E-state index in [4.69, 9.17) is 0 Å². The molecule has 0 radical (unpaired) electrons. The predicted molar refractivity (Wildman–Crippen MR) is 83.0 cm³/mol. The largest absolute Gasteiger partial charge is 0.338 e. The zero-order valence-corrected chi connectivity index (χ0v) is 13.8. The first-order chi connectivity index (χ1) is 9.92. The van der Waals surface area contributed by atoms with Gasteiger partial charge in [-0.15, -0.1) is 0 Å². The molecule has 1 amide bonds. The van der Waals surface area contributed by atoms with Gasteiger partial charge in [0.2, 0.25) is 10.0 Å². The molecule has 0 aromatic carbocycles. The maximum atomic E-state index is 12.3. The Bertz CT molecular complexity index is 617. The molecule has 2 fully saturated rings. The van der Waals surface area contributed by atoms with E-state index >= 15 is 0 Å². The van der Waals surface area contributed by atoms with Crippen LogP contribution in [0.5, 0.6) is 0 Å². The predicted octanol–water partition coefficient (Wildman–Crippen LogP) is 1.78. The van der Waals surface area contributed by atoms with Crippen LogP contribution < -0.4 is 0 Å². The molecule has 0 aliphatic carbocycles. The van der Waals surface area contributed by atoms with Gasteiger partial charge in [-0.2, -0.15) is 15.6 Å². The second kappa shape index (κ2) is 5.37. The first-order valence-electron chi connectivity index (χ1n) is 7.22. The van der Waals surface area contributed by atoms with E-state index in [1.807, 2.05) is 21.7 Å². The summed E-state index contributed by atoms with van der Waals surface area (Å²) in [5.74, 6) is 0.0648. The average molecular weight is 328 g/mol. The summed E-state index contributed by atoms with van der Waals surface area (Å²) in [4.78, 5) is 14.2. The van der Waals surface area contributed by atoms with Gasteiger partial charge < -0.3 is 4.90 Å². The van der Waals surface area contributed by atoms with Crippen LogP contribution in [0.2, 0.25) is 0 Å². The van der Waals surface area contributed by atoms with Crippen LogP contribution in [0.3, 0.4) is 0 Å². The van der Waals surface area contributed by atoms with Gasteiger partial charge in [0.1, 0.15) is 0 Å². The van der Waals surface area contributed by atoms with Crippen molar-refractivity contribution in [3.8, 4) is 0 Å². The molecule has 0 unspecified atom stereocenters. The fourth-order valence-corrected chi connectivity index (χ4v) is 5.69. The number of hydrogen-bond acceptors (Lipinski definition) is 4. The Labute approximate surface area is 129 Å². The summed E-state index contributed by atoms with van der Waals surface area (Å²) < 4.78 is 25.6. The first kappa shape index (κ1) is 15.0. The normalized spacial score (nSPS) is 22.8. The summed E-state index contributed by atoms with van der Waals surface area (Å²) in [6, 6.07) is 1.84. The Hall–Kier alpha value is -0.920. The molecule has 3 rings (SSSR count). The number of carbonyl (C=O) groups excluding carboxylic acids is 1. The fourth-order valence-electron chi connectivity index (χ4n) is 3.63. The van der Waals surface area contributed by atoms with E-state index in [1.165, 1.54) is 17.6 Å². The molecule has 7 heteroatoms. The minimum absolute atomic E-state index is 0.0648. The summed E-state index contributed by atoms with van der Waals surface area (Å²) >= 11 is 1.52. The van der Waals surface area contributed by atoms with Gasteiger partial charge in [-0.3, -0.25) is 4.79 Å². The maximum absolute atomic E-state index is 12.3. The highest BCUT2D eigenvalue weighted by atomic mass is 32.2. The van der Waals surface area contributed by atoms with Crippen LogP contribution in [-0.4, -0.2) is 55.0 Å². The molecule has 2 aliphatic heterocycles. The minimum Gasteiger partial charge on any atom is -0.338 e. The number of piperidine rings is 1.